The summed E-state index contributed by atoms with van der Waals surface area (Å²) in [5.74, 6) is 3.15. The van der Waals surface area contributed by atoms with Gasteiger partial charge in [0.2, 0.25) is 0 Å². The molecule has 0 saturated carbocycles. The van der Waals surface area contributed by atoms with Crippen molar-refractivity contribution >= 4 is 11.8 Å². The van der Waals surface area contributed by atoms with E-state index in [0.717, 1.165) is 22.6 Å². The molecule has 17 heavy (non-hydrogen) atoms. The molecule has 0 aliphatic rings. The van der Waals surface area contributed by atoms with Crippen molar-refractivity contribution in [2.45, 2.75) is 19.6 Å². The number of phenolic OH excluding ortho intramolecular Hbond substituents is 1. The van der Waals surface area contributed by atoms with Crippen LogP contribution in [0.25, 0.3) is 11.5 Å². The van der Waals surface area contributed by atoms with Crippen molar-refractivity contribution in [3.63, 3.8) is 0 Å². The van der Waals surface area contributed by atoms with Gasteiger partial charge in [-0.1, -0.05) is 18.1 Å². The lowest BCUT2D eigenvalue weighted by Gasteiger charge is -1.99. The van der Waals surface area contributed by atoms with Crippen LogP contribution in [0.1, 0.15) is 18.3 Å². The van der Waals surface area contributed by atoms with E-state index in [1.54, 1.807) is 17.8 Å². The van der Waals surface area contributed by atoms with Crippen molar-refractivity contribution in [2.24, 2.45) is 0 Å². The molecule has 0 aliphatic heterocycles. The average Bonchev–Trinajstić information content (AvgIpc) is 2.79. The van der Waals surface area contributed by atoms with Crippen LogP contribution in [0.4, 0.5) is 0 Å². The average molecular weight is 250 g/mol. The third-order valence-electron chi connectivity index (χ3n) is 2.36. The molecule has 1 aromatic heterocycles. The molecule has 0 amide bonds. The number of aryl methyl sites for hydroxylation is 1. The number of phenols is 1. The summed E-state index contributed by atoms with van der Waals surface area (Å²) >= 11 is 1.74. The van der Waals surface area contributed by atoms with Crippen molar-refractivity contribution in [3.05, 3.63) is 29.6 Å². The maximum atomic E-state index is 9.62. The Labute approximate surface area is 104 Å². The second kappa shape index (κ2) is 5.23. The van der Waals surface area contributed by atoms with E-state index < -0.39 is 0 Å². The van der Waals surface area contributed by atoms with Crippen LogP contribution in [0.2, 0.25) is 0 Å². The molecule has 0 radical (unpaired) electrons. The van der Waals surface area contributed by atoms with Gasteiger partial charge in [-0.2, -0.15) is 16.7 Å². The normalized spacial score (nSPS) is 10.7. The first-order valence-corrected chi connectivity index (χ1v) is 6.56. The van der Waals surface area contributed by atoms with E-state index >= 15 is 0 Å². The Balaban J connectivity index is 2.21. The third-order valence-corrected chi connectivity index (χ3v) is 3.23. The number of hydrogen-bond acceptors (Lipinski definition) is 5. The number of thioether (sulfide) groups is 1. The highest BCUT2D eigenvalue weighted by Gasteiger charge is 2.09. The zero-order valence-corrected chi connectivity index (χ0v) is 10.6. The highest BCUT2D eigenvalue weighted by molar-refractivity contribution is 7.98. The topological polar surface area (TPSA) is 59.2 Å². The molecule has 1 aromatic carbocycles. The monoisotopic (exact) mass is 250 g/mol. The van der Waals surface area contributed by atoms with Crippen LogP contribution in [-0.2, 0) is 5.75 Å². The quantitative estimate of drug-likeness (QED) is 0.903. The zero-order valence-electron chi connectivity index (χ0n) is 9.80. The molecule has 0 aliphatic carbocycles. The summed E-state index contributed by atoms with van der Waals surface area (Å²) in [6.45, 7) is 3.93. The number of benzene rings is 1. The Morgan fingerprint density at radius 3 is 2.94 bits per heavy atom. The van der Waals surface area contributed by atoms with Crippen LogP contribution in [-0.4, -0.2) is 21.0 Å². The second-order valence-electron chi connectivity index (χ2n) is 3.65. The molecule has 0 saturated heterocycles. The fourth-order valence-electron chi connectivity index (χ4n) is 1.37. The minimum absolute atomic E-state index is 0.241. The first-order valence-electron chi connectivity index (χ1n) is 5.41. The summed E-state index contributed by atoms with van der Waals surface area (Å²) < 4.78 is 5.16. The second-order valence-corrected chi connectivity index (χ2v) is 4.93. The Hall–Kier alpha value is -1.49. The van der Waals surface area contributed by atoms with Gasteiger partial charge in [-0.05, 0) is 30.4 Å². The molecule has 2 rings (SSSR count). The minimum Gasteiger partial charge on any atom is -0.508 e. The van der Waals surface area contributed by atoms with Crippen LogP contribution in [0, 0.1) is 6.92 Å². The first kappa shape index (κ1) is 12.0. The highest BCUT2D eigenvalue weighted by Crippen LogP contribution is 2.25. The lowest BCUT2D eigenvalue weighted by molar-refractivity contribution is 0.424. The molecule has 90 valence electrons. The molecular weight excluding hydrogens is 236 g/mol. The minimum atomic E-state index is 0.241. The Kier molecular flexibility index (Phi) is 3.68. The predicted octanol–water partition coefficient (Wildman–Crippen LogP) is 3.00. The van der Waals surface area contributed by atoms with Gasteiger partial charge in [-0.3, -0.25) is 0 Å². The van der Waals surface area contributed by atoms with Gasteiger partial charge in [0.1, 0.15) is 5.75 Å². The Morgan fingerprint density at radius 1 is 1.41 bits per heavy atom. The van der Waals surface area contributed by atoms with Crippen molar-refractivity contribution in [1.29, 1.82) is 0 Å². The van der Waals surface area contributed by atoms with Crippen molar-refractivity contribution in [2.75, 3.05) is 5.75 Å². The standard InChI is InChI=1S/C12H14N2O2S/c1-3-17-7-11-13-12(16-14-11)9-5-4-8(2)10(15)6-9/h4-6,15H,3,7H2,1-2H3. The van der Waals surface area contributed by atoms with Gasteiger partial charge >= 0.3 is 0 Å². The number of aromatic hydroxyl groups is 1. The van der Waals surface area contributed by atoms with Gasteiger partial charge in [0.15, 0.2) is 5.82 Å². The molecule has 0 unspecified atom stereocenters. The van der Waals surface area contributed by atoms with Crippen LogP contribution >= 0.6 is 11.8 Å². The fourth-order valence-corrected chi connectivity index (χ4v) is 1.87. The summed E-state index contributed by atoms with van der Waals surface area (Å²) in [4.78, 5) is 4.28. The van der Waals surface area contributed by atoms with Gasteiger partial charge in [0.05, 0.1) is 5.75 Å². The van der Waals surface area contributed by atoms with E-state index in [1.165, 1.54) is 0 Å². The lowest BCUT2D eigenvalue weighted by Crippen LogP contribution is -1.84. The molecule has 4 nitrogen and oxygen atoms in total. The van der Waals surface area contributed by atoms with Gasteiger partial charge in [-0.15, -0.1) is 0 Å². The van der Waals surface area contributed by atoms with Crippen LogP contribution in [0.15, 0.2) is 22.7 Å². The van der Waals surface area contributed by atoms with Gasteiger partial charge in [0.25, 0.3) is 5.89 Å². The number of rotatable bonds is 4. The lowest BCUT2D eigenvalue weighted by atomic mass is 10.1. The maximum absolute atomic E-state index is 9.62. The van der Waals surface area contributed by atoms with E-state index in [4.69, 9.17) is 4.52 Å². The molecule has 2 aromatic rings. The summed E-state index contributed by atoms with van der Waals surface area (Å²) in [6.07, 6.45) is 0. The van der Waals surface area contributed by atoms with E-state index in [0.29, 0.717) is 11.7 Å². The van der Waals surface area contributed by atoms with E-state index in [9.17, 15) is 5.11 Å². The Morgan fingerprint density at radius 2 is 2.24 bits per heavy atom. The molecular formula is C12H14N2O2S. The molecule has 0 spiro atoms. The smallest absolute Gasteiger partial charge is 0.258 e. The van der Waals surface area contributed by atoms with Crippen LogP contribution in [0.3, 0.4) is 0 Å². The molecule has 0 bridgehead atoms. The molecule has 0 fully saturated rings. The van der Waals surface area contributed by atoms with E-state index in [1.807, 2.05) is 19.1 Å². The third kappa shape index (κ3) is 2.79. The largest absolute Gasteiger partial charge is 0.508 e. The van der Waals surface area contributed by atoms with Gasteiger partial charge in [-0.25, -0.2) is 0 Å². The van der Waals surface area contributed by atoms with Crippen LogP contribution < -0.4 is 0 Å². The zero-order chi connectivity index (χ0) is 12.3. The number of hydrogen-bond donors (Lipinski definition) is 1. The van der Waals surface area contributed by atoms with Gasteiger partial charge in [0, 0.05) is 5.56 Å². The maximum Gasteiger partial charge on any atom is 0.258 e. The van der Waals surface area contributed by atoms with E-state index in [2.05, 4.69) is 17.1 Å². The van der Waals surface area contributed by atoms with Crippen LogP contribution in [0.5, 0.6) is 5.75 Å². The molecule has 1 heterocycles. The molecule has 5 heteroatoms. The summed E-state index contributed by atoms with van der Waals surface area (Å²) in [6, 6.07) is 5.33. The van der Waals surface area contributed by atoms with Gasteiger partial charge < -0.3 is 9.63 Å². The number of nitrogens with zero attached hydrogens (tertiary/aromatic N) is 2. The molecule has 0 atom stereocenters. The van der Waals surface area contributed by atoms with Crippen molar-refractivity contribution in [1.82, 2.24) is 10.1 Å². The fraction of sp³-hybridized carbons (Fsp3) is 0.333. The Bertz CT molecular complexity index is 511. The summed E-state index contributed by atoms with van der Waals surface area (Å²) in [5, 5.41) is 13.5. The first-order chi connectivity index (χ1) is 8.20. The predicted molar refractivity (Wildman–Crippen MR) is 68.0 cm³/mol. The molecule has 1 N–H and O–H groups in total. The van der Waals surface area contributed by atoms with E-state index in [-0.39, 0.29) is 5.75 Å². The summed E-state index contributed by atoms with van der Waals surface area (Å²) in [5.41, 5.74) is 1.57. The highest BCUT2D eigenvalue weighted by atomic mass is 32.2. The van der Waals surface area contributed by atoms with Crippen molar-refractivity contribution in [3.8, 4) is 17.2 Å². The summed E-state index contributed by atoms with van der Waals surface area (Å²) in [7, 11) is 0. The van der Waals surface area contributed by atoms with Crippen molar-refractivity contribution < 1.29 is 9.63 Å². The SMILES string of the molecule is CCSCc1noc(-c2ccc(C)c(O)c2)n1. The number of aromatic nitrogens is 2.